The lowest BCUT2D eigenvalue weighted by atomic mass is 9.88. The second kappa shape index (κ2) is 13.3. The zero-order valence-corrected chi connectivity index (χ0v) is 22.5. The van der Waals surface area contributed by atoms with E-state index < -0.39 is 0 Å². The Labute approximate surface area is 203 Å². The Morgan fingerprint density at radius 1 is 0.485 bits per heavy atom. The average Bonchev–Trinajstić information content (AvgIpc) is 2.67. The van der Waals surface area contributed by atoms with Gasteiger partial charge in [0.2, 0.25) is 0 Å². The number of hydrogen-bond acceptors (Lipinski definition) is 2. The zero-order valence-electron chi connectivity index (χ0n) is 22.5. The lowest BCUT2D eigenvalue weighted by Gasteiger charge is -2.17. The van der Waals surface area contributed by atoms with E-state index >= 15 is 0 Å². The number of hydrogen-bond donors (Lipinski definition) is 0. The largest absolute Gasteiger partial charge is 0.265 e. The van der Waals surface area contributed by atoms with E-state index in [1.165, 1.54) is 16.8 Å². The predicted molar refractivity (Wildman–Crippen MR) is 144 cm³/mol. The zero-order chi connectivity index (χ0) is 25.0. The summed E-state index contributed by atoms with van der Waals surface area (Å²) in [6, 6.07) is 20.8. The Balaban J connectivity index is 0.000000247. The molecule has 0 unspecified atom stereocenters. The molecular formula is C31H46N2. The Morgan fingerprint density at radius 2 is 0.939 bits per heavy atom. The molecule has 0 amide bonds. The Hall–Kier alpha value is -2.48. The quantitative estimate of drug-likeness (QED) is 0.402. The lowest BCUT2D eigenvalue weighted by molar-refractivity contribution is 0.406. The van der Waals surface area contributed by atoms with Crippen LogP contribution in [0.1, 0.15) is 79.1 Å². The van der Waals surface area contributed by atoms with Crippen LogP contribution in [-0.2, 0) is 19.3 Å². The minimum Gasteiger partial charge on any atom is -0.265 e. The highest BCUT2D eigenvalue weighted by Gasteiger charge is 2.11. The van der Waals surface area contributed by atoms with Crippen LogP contribution >= 0.6 is 0 Å². The molecule has 0 aliphatic carbocycles. The van der Waals surface area contributed by atoms with Gasteiger partial charge in [-0.1, -0.05) is 98.7 Å². The SMILES string of the molecule is CC(C)(C)Cc1ccccc1.CC(C)(C)Cc1ccccn1.CC(C)(C)Cc1ccncc1. The molecule has 33 heavy (non-hydrogen) atoms. The summed E-state index contributed by atoms with van der Waals surface area (Å²) >= 11 is 0. The van der Waals surface area contributed by atoms with Crippen molar-refractivity contribution in [3.8, 4) is 0 Å². The van der Waals surface area contributed by atoms with Gasteiger partial charge in [-0.15, -0.1) is 0 Å². The van der Waals surface area contributed by atoms with Crippen LogP contribution < -0.4 is 0 Å². The predicted octanol–water partition coefficient (Wildman–Crippen LogP) is 8.62. The van der Waals surface area contributed by atoms with Crippen molar-refractivity contribution in [1.82, 2.24) is 9.97 Å². The van der Waals surface area contributed by atoms with Crippen LogP contribution in [0.25, 0.3) is 0 Å². The first-order valence-corrected chi connectivity index (χ1v) is 12.1. The normalized spacial score (nSPS) is 11.5. The lowest BCUT2D eigenvalue weighted by Crippen LogP contribution is -2.09. The number of pyridine rings is 2. The van der Waals surface area contributed by atoms with E-state index in [4.69, 9.17) is 0 Å². The van der Waals surface area contributed by atoms with Gasteiger partial charge in [-0.05, 0) is 70.9 Å². The average molecular weight is 447 g/mol. The number of nitrogens with zero attached hydrogens (tertiary/aromatic N) is 2. The molecule has 2 heterocycles. The summed E-state index contributed by atoms with van der Waals surface area (Å²) in [5.74, 6) is 0. The van der Waals surface area contributed by atoms with Gasteiger partial charge in [0, 0.05) is 24.3 Å². The highest BCUT2D eigenvalue weighted by atomic mass is 14.7. The van der Waals surface area contributed by atoms with Crippen LogP contribution in [0.3, 0.4) is 0 Å². The molecule has 0 N–H and O–H groups in total. The van der Waals surface area contributed by atoms with Crippen LogP contribution in [0.4, 0.5) is 0 Å². The first kappa shape index (κ1) is 28.6. The summed E-state index contributed by atoms with van der Waals surface area (Å²) in [7, 11) is 0. The van der Waals surface area contributed by atoms with Crippen molar-refractivity contribution < 1.29 is 0 Å². The molecule has 2 nitrogen and oxygen atoms in total. The third-order valence-corrected chi connectivity index (χ3v) is 4.50. The number of rotatable bonds is 3. The highest BCUT2D eigenvalue weighted by Crippen LogP contribution is 2.20. The highest BCUT2D eigenvalue weighted by molar-refractivity contribution is 5.15. The van der Waals surface area contributed by atoms with Crippen molar-refractivity contribution in [2.24, 2.45) is 16.2 Å². The summed E-state index contributed by atoms with van der Waals surface area (Å²) in [6.07, 6.45) is 8.88. The maximum atomic E-state index is 4.26. The molecule has 2 heteroatoms. The minimum absolute atomic E-state index is 0.342. The first-order valence-electron chi connectivity index (χ1n) is 12.1. The van der Waals surface area contributed by atoms with Crippen molar-refractivity contribution in [3.05, 3.63) is 96.1 Å². The van der Waals surface area contributed by atoms with Gasteiger partial charge in [-0.2, -0.15) is 0 Å². The van der Waals surface area contributed by atoms with Crippen molar-refractivity contribution >= 4 is 0 Å². The molecule has 0 spiro atoms. The van der Waals surface area contributed by atoms with E-state index in [1.54, 1.807) is 0 Å². The molecule has 0 bridgehead atoms. The van der Waals surface area contributed by atoms with Gasteiger partial charge in [-0.3, -0.25) is 9.97 Å². The van der Waals surface area contributed by atoms with Gasteiger partial charge in [-0.25, -0.2) is 0 Å². The van der Waals surface area contributed by atoms with Crippen molar-refractivity contribution in [2.45, 2.75) is 81.6 Å². The third-order valence-electron chi connectivity index (χ3n) is 4.50. The van der Waals surface area contributed by atoms with E-state index in [0.29, 0.717) is 16.2 Å². The summed E-state index contributed by atoms with van der Waals surface area (Å²) in [6.45, 7) is 20.2. The fourth-order valence-corrected chi connectivity index (χ4v) is 3.37. The van der Waals surface area contributed by atoms with E-state index in [-0.39, 0.29) is 0 Å². The smallest absolute Gasteiger partial charge is 0.0408 e. The standard InChI is InChI=1S/C11H16.2C10H15N/c1-11(2,3)9-10-7-5-4-6-8-10;1-10(2,3)8-9-4-6-11-7-5-9;1-10(2,3)8-9-6-4-5-7-11-9/h4-8H,9H2,1-3H3;2*4-7H,8H2,1-3H3. The number of aromatic nitrogens is 2. The van der Waals surface area contributed by atoms with Crippen LogP contribution in [0.15, 0.2) is 79.3 Å². The third kappa shape index (κ3) is 16.8. The molecule has 0 aliphatic heterocycles. The second-order valence-electron chi connectivity index (χ2n) is 12.4. The molecule has 0 atom stereocenters. The van der Waals surface area contributed by atoms with E-state index in [9.17, 15) is 0 Å². The van der Waals surface area contributed by atoms with Crippen LogP contribution in [-0.4, -0.2) is 9.97 Å². The van der Waals surface area contributed by atoms with Gasteiger partial charge in [0.15, 0.2) is 0 Å². The van der Waals surface area contributed by atoms with Crippen LogP contribution in [0.2, 0.25) is 0 Å². The van der Waals surface area contributed by atoms with E-state index in [2.05, 4.69) is 121 Å². The second-order valence-corrected chi connectivity index (χ2v) is 12.4. The Kier molecular flexibility index (Phi) is 11.5. The molecule has 0 saturated heterocycles. The topological polar surface area (TPSA) is 25.8 Å². The van der Waals surface area contributed by atoms with E-state index in [0.717, 1.165) is 19.3 Å². The van der Waals surface area contributed by atoms with Crippen molar-refractivity contribution in [2.75, 3.05) is 0 Å². The van der Waals surface area contributed by atoms with Crippen LogP contribution in [0.5, 0.6) is 0 Å². The number of benzene rings is 1. The Morgan fingerprint density at radius 3 is 1.36 bits per heavy atom. The molecule has 0 radical (unpaired) electrons. The van der Waals surface area contributed by atoms with Crippen molar-refractivity contribution in [3.63, 3.8) is 0 Å². The molecule has 0 aliphatic rings. The molecular weight excluding hydrogens is 400 g/mol. The fraction of sp³-hybridized carbons (Fsp3) is 0.484. The molecule has 3 rings (SSSR count). The van der Waals surface area contributed by atoms with Gasteiger partial charge in [0.25, 0.3) is 0 Å². The maximum absolute atomic E-state index is 4.26. The van der Waals surface area contributed by atoms with Gasteiger partial charge in [0.05, 0.1) is 0 Å². The summed E-state index contributed by atoms with van der Waals surface area (Å²) in [5, 5.41) is 0. The Bertz CT molecular complexity index is 743. The molecule has 2 aromatic heterocycles. The van der Waals surface area contributed by atoms with E-state index in [1.807, 2.05) is 30.7 Å². The monoisotopic (exact) mass is 446 g/mol. The first-order chi connectivity index (χ1) is 15.2. The summed E-state index contributed by atoms with van der Waals surface area (Å²) in [5.41, 5.74) is 5.10. The summed E-state index contributed by atoms with van der Waals surface area (Å²) < 4.78 is 0. The molecule has 0 fully saturated rings. The molecule has 180 valence electrons. The van der Waals surface area contributed by atoms with Gasteiger partial charge < -0.3 is 0 Å². The maximum Gasteiger partial charge on any atom is 0.0408 e. The van der Waals surface area contributed by atoms with Crippen molar-refractivity contribution in [1.29, 1.82) is 0 Å². The molecule has 0 saturated carbocycles. The molecule has 3 aromatic rings. The fourth-order valence-electron chi connectivity index (χ4n) is 3.37. The molecule has 1 aromatic carbocycles. The minimum atomic E-state index is 0.342. The summed E-state index contributed by atoms with van der Waals surface area (Å²) in [4.78, 5) is 8.24. The van der Waals surface area contributed by atoms with Crippen LogP contribution in [0, 0.1) is 16.2 Å². The van der Waals surface area contributed by atoms with Gasteiger partial charge >= 0.3 is 0 Å². The van der Waals surface area contributed by atoms with Gasteiger partial charge in [0.1, 0.15) is 0 Å².